The van der Waals surface area contributed by atoms with Crippen molar-refractivity contribution >= 4 is 57.7 Å². The van der Waals surface area contributed by atoms with E-state index >= 15 is 0 Å². The molecule has 0 fully saturated rings. The first-order valence-corrected chi connectivity index (χ1v) is 11.5. The lowest BCUT2D eigenvalue weighted by molar-refractivity contribution is -0.384. The molecule has 3 aromatic rings. The summed E-state index contributed by atoms with van der Waals surface area (Å²) in [4.78, 5) is 24.1. The van der Waals surface area contributed by atoms with Crippen molar-refractivity contribution in [2.45, 2.75) is 30.9 Å². The van der Waals surface area contributed by atoms with Crippen LogP contribution in [0.15, 0.2) is 71.6 Å². The third-order valence-corrected chi connectivity index (χ3v) is 6.07. The largest absolute Gasteiger partial charge is 0.332 e. The highest BCUT2D eigenvalue weighted by Crippen LogP contribution is 2.28. The molecule has 0 aliphatic rings. The molecule has 3 rings (SSSR count). The minimum atomic E-state index is -0.482. The highest BCUT2D eigenvalue weighted by Gasteiger charge is 2.17. The molecule has 3 aromatic carbocycles. The Morgan fingerprint density at radius 1 is 0.970 bits per heavy atom. The second kappa shape index (κ2) is 10.9. The van der Waals surface area contributed by atoms with E-state index in [0.29, 0.717) is 10.8 Å². The van der Waals surface area contributed by atoms with Crippen LogP contribution in [-0.4, -0.2) is 21.2 Å². The van der Waals surface area contributed by atoms with Crippen LogP contribution in [0.1, 0.15) is 18.1 Å². The van der Waals surface area contributed by atoms with Crippen LogP contribution in [0.4, 0.5) is 22.7 Å². The maximum atomic E-state index is 12.7. The van der Waals surface area contributed by atoms with Gasteiger partial charge in [0.2, 0.25) is 5.91 Å². The zero-order valence-corrected chi connectivity index (χ0v) is 20.0. The summed E-state index contributed by atoms with van der Waals surface area (Å²) in [5.74, 6) is -0.237. The van der Waals surface area contributed by atoms with Crippen LogP contribution in [0.25, 0.3) is 0 Å². The van der Waals surface area contributed by atoms with E-state index in [-0.39, 0.29) is 11.6 Å². The minimum absolute atomic E-state index is 0.0646. The Morgan fingerprint density at radius 2 is 1.67 bits per heavy atom. The topological polar surface area (TPSA) is 96.3 Å². The number of hydrogen-bond acceptors (Lipinski definition) is 5. The number of carbonyl (C=O) groups is 1. The van der Waals surface area contributed by atoms with Gasteiger partial charge in [0.25, 0.3) is 5.69 Å². The number of nitro groups is 1. The number of amides is 1. The maximum Gasteiger partial charge on any atom is 0.271 e. The molecule has 0 aliphatic heterocycles. The summed E-state index contributed by atoms with van der Waals surface area (Å²) < 4.78 is 0. The van der Waals surface area contributed by atoms with Crippen molar-refractivity contribution in [1.29, 1.82) is 0 Å². The van der Waals surface area contributed by atoms with E-state index in [4.69, 9.17) is 12.2 Å². The minimum Gasteiger partial charge on any atom is -0.332 e. The van der Waals surface area contributed by atoms with Gasteiger partial charge in [-0.1, -0.05) is 29.8 Å². The van der Waals surface area contributed by atoms with Crippen LogP contribution in [0, 0.1) is 24.0 Å². The predicted octanol–water partition coefficient (Wildman–Crippen LogP) is 6.14. The average Bonchev–Trinajstić information content (AvgIpc) is 2.76. The number of rotatable bonds is 7. The normalized spacial score (nSPS) is 11.4. The fourth-order valence-corrected chi connectivity index (χ4v) is 4.09. The molecule has 0 saturated heterocycles. The Kier molecular flexibility index (Phi) is 8.02. The standard InChI is InChI=1S/C24H24N4O3S2/c1-15-7-10-18(11-8-15)25-24(32)26-19-5-4-6-21(13-19)33-17(3)23(29)27-22-14-20(28(30)31)12-9-16(22)2/h4-14,17H,1-3H3,(H,27,29)(H2,25,26,32). The van der Waals surface area contributed by atoms with Gasteiger partial charge < -0.3 is 16.0 Å². The molecule has 0 aliphatic carbocycles. The summed E-state index contributed by atoms with van der Waals surface area (Å²) in [5.41, 5.74) is 3.99. The molecule has 0 bridgehead atoms. The van der Waals surface area contributed by atoms with Gasteiger partial charge in [0.15, 0.2) is 5.11 Å². The van der Waals surface area contributed by atoms with Gasteiger partial charge in [0.05, 0.1) is 15.9 Å². The molecule has 1 unspecified atom stereocenters. The molecule has 0 saturated carbocycles. The van der Waals surface area contributed by atoms with Crippen LogP contribution in [-0.2, 0) is 4.79 Å². The lowest BCUT2D eigenvalue weighted by atomic mass is 10.2. The number of anilines is 3. The molecular formula is C24H24N4O3S2. The summed E-state index contributed by atoms with van der Waals surface area (Å²) >= 11 is 6.78. The number of benzene rings is 3. The van der Waals surface area contributed by atoms with Gasteiger partial charge in [0.1, 0.15) is 0 Å². The van der Waals surface area contributed by atoms with Gasteiger partial charge in [-0.3, -0.25) is 14.9 Å². The van der Waals surface area contributed by atoms with Gasteiger partial charge in [-0.15, -0.1) is 11.8 Å². The van der Waals surface area contributed by atoms with Gasteiger partial charge in [-0.25, -0.2) is 0 Å². The molecule has 9 heteroatoms. The van der Waals surface area contributed by atoms with Crippen LogP contribution < -0.4 is 16.0 Å². The summed E-state index contributed by atoms with van der Waals surface area (Å²) in [6, 6.07) is 19.9. The Morgan fingerprint density at radius 3 is 2.36 bits per heavy atom. The molecule has 0 spiro atoms. The average molecular weight is 481 g/mol. The van der Waals surface area contributed by atoms with Gasteiger partial charge in [0, 0.05) is 28.4 Å². The number of thioether (sulfide) groups is 1. The van der Waals surface area contributed by atoms with E-state index in [0.717, 1.165) is 21.8 Å². The number of nitrogens with one attached hydrogen (secondary N) is 3. The quantitative estimate of drug-likeness (QED) is 0.162. The van der Waals surface area contributed by atoms with E-state index in [1.54, 1.807) is 19.9 Å². The number of nitro benzene ring substituents is 1. The SMILES string of the molecule is Cc1ccc(NC(=S)Nc2cccc(SC(C)C(=O)Nc3cc([N+](=O)[O-])ccc3C)c2)cc1. The van der Waals surface area contributed by atoms with Gasteiger partial charge >= 0.3 is 0 Å². The molecule has 0 radical (unpaired) electrons. The second-order valence-corrected chi connectivity index (χ2v) is 9.30. The Labute approximate surface area is 202 Å². The Balaban J connectivity index is 1.60. The van der Waals surface area contributed by atoms with Crippen LogP contribution in [0.2, 0.25) is 0 Å². The van der Waals surface area contributed by atoms with E-state index in [1.807, 2.05) is 55.5 Å². The number of carbonyl (C=O) groups excluding carboxylic acids is 1. The Bertz CT molecular complexity index is 1180. The fourth-order valence-electron chi connectivity index (χ4n) is 2.93. The van der Waals surface area contributed by atoms with E-state index < -0.39 is 10.2 Å². The smallest absolute Gasteiger partial charge is 0.271 e. The molecule has 7 nitrogen and oxygen atoms in total. The highest BCUT2D eigenvalue weighted by atomic mass is 32.2. The number of thiocarbonyl (C=S) groups is 1. The van der Waals surface area contributed by atoms with Crippen molar-refractivity contribution in [3.05, 3.63) is 88.0 Å². The van der Waals surface area contributed by atoms with E-state index in [9.17, 15) is 14.9 Å². The lowest BCUT2D eigenvalue weighted by Gasteiger charge is -2.15. The summed E-state index contributed by atoms with van der Waals surface area (Å²) in [7, 11) is 0. The monoisotopic (exact) mass is 480 g/mol. The molecule has 33 heavy (non-hydrogen) atoms. The van der Waals surface area contributed by atoms with Crippen molar-refractivity contribution in [1.82, 2.24) is 0 Å². The van der Waals surface area contributed by atoms with Gasteiger partial charge in [-0.05, 0) is 68.9 Å². The van der Waals surface area contributed by atoms with Crippen molar-refractivity contribution < 1.29 is 9.72 Å². The molecule has 0 aromatic heterocycles. The van der Waals surface area contributed by atoms with E-state index in [2.05, 4.69) is 16.0 Å². The zero-order chi connectivity index (χ0) is 24.0. The number of hydrogen-bond donors (Lipinski definition) is 3. The van der Waals surface area contributed by atoms with Crippen LogP contribution in [0.3, 0.4) is 0 Å². The molecule has 1 amide bonds. The second-order valence-electron chi connectivity index (χ2n) is 7.48. The molecule has 170 valence electrons. The third-order valence-electron chi connectivity index (χ3n) is 4.77. The predicted molar refractivity (Wildman–Crippen MR) is 139 cm³/mol. The summed E-state index contributed by atoms with van der Waals surface area (Å²) in [6.07, 6.45) is 0. The summed E-state index contributed by atoms with van der Waals surface area (Å²) in [6.45, 7) is 5.60. The fraction of sp³-hybridized carbons (Fsp3) is 0.167. The molecule has 0 heterocycles. The van der Waals surface area contributed by atoms with Crippen molar-refractivity contribution in [3.8, 4) is 0 Å². The zero-order valence-electron chi connectivity index (χ0n) is 18.4. The van der Waals surface area contributed by atoms with Crippen molar-refractivity contribution in [2.75, 3.05) is 16.0 Å². The van der Waals surface area contributed by atoms with Crippen LogP contribution in [0.5, 0.6) is 0 Å². The highest BCUT2D eigenvalue weighted by molar-refractivity contribution is 8.00. The van der Waals surface area contributed by atoms with Gasteiger partial charge in [-0.2, -0.15) is 0 Å². The number of non-ortho nitro benzene ring substituents is 1. The van der Waals surface area contributed by atoms with Crippen LogP contribution >= 0.6 is 24.0 Å². The first kappa shape index (κ1) is 24.2. The Hall–Kier alpha value is -3.43. The summed E-state index contributed by atoms with van der Waals surface area (Å²) in [5, 5.41) is 20.2. The third kappa shape index (κ3) is 7.03. The number of nitrogens with zero attached hydrogens (tertiary/aromatic N) is 1. The number of aryl methyl sites for hydroxylation is 2. The molecule has 1 atom stereocenters. The van der Waals surface area contributed by atoms with E-state index in [1.165, 1.54) is 29.5 Å². The van der Waals surface area contributed by atoms with Crippen molar-refractivity contribution in [2.24, 2.45) is 0 Å². The first-order valence-electron chi connectivity index (χ1n) is 10.2. The molecule has 3 N–H and O–H groups in total. The maximum absolute atomic E-state index is 12.7. The molecular weight excluding hydrogens is 456 g/mol. The van der Waals surface area contributed by atoms with Crippen molar-refractivity contribution in [3.63, 3.8) is 0 Å². The first-order chi connectivity index (χ1) is 15.7. The lowest BCUT2D eigenvalue weighted by Crippen LogP contribution is -2.23.